The molecule has 134 valence electrons. The number of aromatic amines is 1. The van der Waals surface area contributed by atoms with Gasteiger partial charge in [-0.15, -0.1) is 0 Å². The van der Waals surface area contributed by atoms with Crippen molar-refractivity contribution in [2.24, 2.45) is 11.8 Å². The Balaban J connectivity index is 1.54. The number of hydrogen-bond acceptors (Lipinski definition) is 4. The molecule has 0 aromatic carbocycles. The van der Waals surface area contributed by atoms with Gasteiger partial charge in [0.15, 0.2) is 5.03 Å². The average Bonchev–Trinajstić information content (AvgIpc) is 3.12. The van der Waals surface area contributed by atoms with Gasteiger partial charge < -0.3 is 10.3 Å². The average molecular weight is 354 g/mol. The van der Waals surface area contributed by atoms with E-state index in [1.807, 2.05) is 0 Å². The molecule has 2 fully saturated rings. The van der Waals surface area contributed by atoms with Crippen molar-refractivity contribution in [2.75, 3.05) is 13.1 Å². The van der Waals surface area contributed by atoms with E-state index in [9.17, 15) is 13.2 Å². The maximum atomic E-state index is 12.5. The van der Waals surface area contributed by atoms with Crippen LogP contribution in [0.5, 0.6) is 0 Å². The molecular weight excluding hydrogens is 328 g/mol. The van der Waals surface area contributed by atoms with Crippen molar-refractivity contribution in [3.63, 3.8) is 0 Å². The Bertz CT molecular complexity index is 651. The third kappa shape index (κ3) is 3.64. The molecule has 1 saturated heterocycles. The maximum Gasteiger partial charge on any atom is 0.260 e. The molecule has 2 heterocycles. The summed E-state index contributed by atoms with van der Waals surface area (Å²) in [7, 11) is -3.52. The van der Waals surface area contributed by atoms with Crippen molar-refractivity contribution < 1.29 is 13.2 Å². The number of imidazole rings is 1. The van der Waals surface area contributed by atoms with Gasteiger partial charge in [0.05, 0.1) is 12.5 Å². The van der Waals surface area contributed by atoms with E-state index in [2.05, 4.69) is 22.2 Å². The highest BCUT2D eigenvalue weighted by Gasteiger charge is 2.34. The van der Waals surface area contributed by atoms with Crippen molar-refractivity contribution in [1.29, 1.82) is 0 Å². The van der Waals surface area contributed by atoms with E-state index < -0.39 is 10.0 Å². The molecule has 0 bridgehead atoms. The first-order valence-corrected chi connectivity index (χ1v) is 10.2. The van der Waals surface area contributed by atoms with Crippen LogP contribution in [0.15, 0.2) is 17.6 Å². The summed E-state index contributed by atoms with van der Waals surface area (Å²) in [5, 5.41) is 3.31. The molecule has 2 aliphatic rings. The van der Waals surface area contributed by atoms with Crippen molar-refractivity contribution in [3.05, 3.63) is 12.5 Å². The highest BCUT2D eigenvalue weighted by Crippen LogP contribution is 2.26. The molecule has 0 unspecified atom stereocenters. The Morgan fingerprint density at radius 3 is 2.58 bits per heavy atom. The van der Waals surface area contributed by atoms with Crippen LogP contribution in [0.4, 0.5) is 0 Å². The maximum absolute atomic E-state index is 12.5. The van der Waals surface area contributed by atoms with Crippen LogP contribution in [0.25, 0.3) is 0 Å². The number of piperidine rings is 1. The third-order valence-corrected chi connectivity index (χ3v) is 7.18. The van der Waals surface area contributed by atoms with Crippen molar-refractivity contribution in [3.8, 4) is 0 Å². The van der Waals surface area contributed by atoms with Crippen LogP contribution >= 0.6 is 0 Å². The molecule has 0 radical (unpaired) electrons. The van der Waals surface area contributed by atoms with Gasteiger partial charge in [-0.25, -0.2) is 13.4 Å². The lowest BCUT2D eigenvalue weighted by Gasteiger charge is -2.33. The zero-order chi connectivity index (χ0) is 17.2. The summed E-state index contributed by atoms with van der Waals surface area (Å²) in [4.78, 5) is 18.9. The van der Waals surface area contributed by atoms with Crippen molar-refractivity contribution >= 4 is 15.9 Å². The van der Waals surface area contributed by atoms with Crippen LogP contribution in [0.1, 0.15) is 45.4 Å². The van der Waals surface area contributed by atoms with E-state index in [0.29, 0.717) is 31.8 Å². The quantitative estimate of drug-likeness (QED) is 0.857. The number of amides is 1. The fourth-order valence-electron chi connectivity index (χ4n) is 3.71. The molecule has 1 aromatic rings. The zero-order valence-electron chi connectivity index (χ0n) is 14.1. The molecule has 24 heavy (non-hydrogen) atoms. The van der Waals surface area contributed by atoms with Gasteiger partial charge in [-0.2, -0.15) is 4.31 Å². The fraction of sp³-hybridized carbons (Fsp3) is 0.750. The fourth-order valence-corrected chi connectivity index (χ4v) is 5.08. The predicted molar refractivity (Wildman–Crippen MR) is 89.6 cm³/mol. The summed E-state index contributed by atoms with van der Waals surface area (Å²) in [5.41, 5.74) is 0. The minimum absolute atomic E-state index is 0.0901. The van der Waals surface area contributed by atoms with Crippen molar-refractivity contribution in [1.82, 2.24) is 19.6 Å². The van der Waals surface area contributed by atoms with Gasteiger partial charge in [-0.3, -0.25) is 4.79 Å². The Labute approximate surface area is 143 Å². The van der Waals surface area contributed by atoms with Gasteiger partial charge in [0.2, 0.25) is 5.91 Å². The highest BCUT2D eigenvalue weighted by molar-refractivity contribution is 7.89. The number of carbonyl (C=O) groups is 1. The summed E-state index contributed by atoms with van der Waals surface area (Å²) < 4.78 is 26.3. The Kier molecular flexibility index (Phi) is 5.24. The Morgan fingerprint density at radius 1 is 1.25 bits per heavy atom. The minimum Gasteiger partial charge on any atom is -0.353 e. The van der Waals surface area contributed by atoms with Crippen LogP contribution in [0.3, 0.4) is 0 Å². The van der Waals surface area contributed by atoms with Gasteiger partial charge in [0.25, 0.3) is 10.0 Å². The number of rotatable bonds is 4. The molecule has 1 aromatic heterocycles. The molecule has 8 heteroatoms. The Morgan fingerprint density at radius 2 is 1.96 bits per heavy atom. The third-order valence-electron chi connectivity index (χ3n) is 5.35. The van der Waals surface area contributed by atoms with E-state index in [1.54, 1.807) is 0 Å². The molecule has 3 rings (SSSR count). The summed E-state index contributed by atoms with van der Waals surface area (Å²) in [6.45, 7) is 2.95. The molecule has 2 atom stereocenters. The molecule has 7 nitrogen and oxygen atoms in total. The number of sulfonamides is 1. The van der Waals surface area contributed by atoms with Crippen LogP contribution in [0.2, 0.25) is 0 Å². The van der Waals surface area contributed by atoms with E-state index >= 15 is 0 Å². The predicted octanol–water partition coefficient (Wildman–Crippen LogP) is 1.51. The largest absolute Gasteiger partial charge is 0.353 e. The molecule has 1 aliphatic heterocycles. The molecule has 2 N–H and O–H groups in total. The zero-order valence-corrected chi connectivity index (χ0v) is 14.9. The molecule has 1 amide bonds. The minimum atomic E-state index is -3.52. The normalized spacial score (nSPS) is 27.0. The van der Waals surface area contributed by atoms with Gasteiger partial charge in [-0.05, 0) is 31.6 Å². The van der Waals surface area contributed by atoms with E-state index in [-0.39, 0.29) is 22.9 Å². The molecule has 1 saturated carbocycles. The van der Waals surface area contributed by atoms with Gasteiger partial charge in [-0.1, -0.05) is 19.8 Å². The lowest BCUT2D eigenvalue weighted by Crippen LogP contribution is -2.47. The number of H-pyrrole nitrogens is 1. The first-order valence-electron chi connectivity index (χ1n) is 8.77. The summed E-state index contributed by atoms with van der Waals surface area (Å²) >= 11 is 0. The summed E-state index contributed by atoms with van der Waals surface area (Å²) in [6.07, 6.45) is 8.47. The second-order valence-corrected chi connectivity index (χ2v) is 8.88. The van der Waals surface area contributed by atoms with E-state index in [0.717, 1.165) is 6.42 Å². The topological polar surface area (TPSA) is 95.2 Å². The van der Waals surface area contributed by atoms with E-state index in [4.69, 9.17) is 0 Å². The highest BCUT2D eigenvalue weighted by atomic mass is 32.2. The van der Waals surface area contributed by atoms with Crippen LogP contribution in [-0.4, -0.2) is 47.7 Å². The van der Waals surface area contributed by atoms with Crippen molar-refractivity contribution in [2.45, 2.75) is 56.5 Å². The second-order valence-electron chi connectivity index (χ2n) is 6.97. The molecule has 1 aliphatic carbocycles. The number of aromatic nitrogens is 2. The Hall–Kier alpha value is -1.41. The number of hydrogen-bond donors (Lipinski definition) is 2. The van der Waals surface area contributed by atoms with E-state index in [1.165, 1.54) is 36.1 Å². The summed E-state index contributed by atoms with van der Waals surface area (Å²) in [6, 6.07) is 0.276. The molecular formula is C16H26N4O3S. The monoisotopic (exact) mass is 354 g/mol. The lowest BCUT2D eigenvalue weighted by atomic mass is 9.85. The second kappa shape index (κ2) is 7.23. The lowest BCUT2D eigenvalue weighted by molar-refractivity contribution is -0.127. The number of carbonyl (C=O) groups excluding carboxylic acids is 1. The molecule has 0 spiro atoms. The first kappa shape index (κ1) is 17.4. The van der Waals surface area contributed by atoms with Gasteiger partial charge in [0.1, 0.15) is 0 Å². The van der Waals surface area contributed by atoms with Crippen LogP contribution < -0.4 is 5.32 Å². The first-order chi connectivity index (χ1) is 11.5. The summed E-state index contributed by atoms with van der Waals surface area (Å²) in [5.74, 6) is 0.531. The van der Waals surface area contributed by atoms with Crippen LogP contribution in [0, 0.1) is 11.8 Å². The van der Waals surface area contributed by atoms with Gasteiger partial charge in [0, 0.05) is 25.0 Å². The number of nitrogens with zero attached hydrogens (tertiary/aromatic N) is 2. The smallest absolute Gasteiger partial charge is 0.260 e. The standard InChI is InChI=1S/C16H26N4O3S/c1-12-4-2-3-5-14(12)19-16(21)13-6-8-20(9-7-13)24(22,23)15-10-17-11-18-15/h10-14H,2-9H2,1H3,(H,17,18)(H,19,21)/t12-,14+/m1/s1. The van der Waals surface area contributed by atoms with Crippen LogP contribution in [-0.2, 0) is 14.8 Å². The van der Waals surface area contributed by atoms with Gasteiger partial charge >= 0.3 is 0 Å². The number of nitrogens with one attached hydrogen (secondary N) is 2. The SMILES string of the molecule is C[C@@H]1CCCC[C@@H]1NC(=O)C1CCN(S(=O)(=O)c2cnc[nH]2)CC1.